The summed E-state index contributed by atoms with van der Waals surface area (Å²) in [5.41, 5.74) is 10.6. The molecular weight excluding hydrogens is 907 g/mol. The molecule has 17 nitrogen and oxygen atoms in total. The van der Waals surface area contributed by atoms with Gasteiger partial charge in [-0.2, -0.15) is 0 Å². The highest BCUT2D eigenvalue weighted by Gasteiger charge is 2.47. The molecule has 6 aromatic rings. The van der Waals surface area contributed by atoms with E-state index in [0.717, 1.165) is 16.7 Å². The van der Waals surface area contributed by atoms with Gasteiger partial charge in [-0.05, 0) is 59.8 Å². The van der Waals surface area contributed by atoms with E-state index in [0.29, 0.717) is 51.9 Å². The van der Waals surface area contributed by atoms with E-state index in [-0.39, 0.29) is 26.2 Å². The van der Waals surface area contributed by atoms with Crippen molar-refractivity contribution in [3.05, 3.63) is 192 Å². The van der Waals surface area contributed by atoms with E-state index < -0.39 is 78.9 Å². The van der Waals surface area contributed by atoms with Gasteiger partial charge in [-0.1, -0.05) is 133 Å². The van der Waals surface area contributed by atoms with Crippen molar-refractivity contribution in [1.29, 1.82) is 0 Å². The van der Waals surface area contributed by atoms with E-state index in [4.69, 9.17) is 19.9 Å². The van der Waals surface area contributed by atoms with Gasteiger partial charge < -0.3 is 40.3 Å². The number of imide groups is 2. The summed E-state index contributed by atoms with van der Waals surface area (Å²) < 4.78 is 19.6. The summed E-state index contributed by atoms with van der Waals surface area (Å²) in [4.78, 5) is 91.8. The maximum absolute atomic E-state index is 15.4. The number of hydrogen-bond acceptors (Lipinski definition) is 12. The molecule has 1 fully saturated rings. The molecule has 0 bridgehead atoms. The van der Waals surface area contributed by atoms with Crippen LogP contribution in [0.5, 0.6) is 5.75 Å². The van der Waals surface area contributed by atoms with Gasteiger partial charge in [0.1, 0.15) is 37.1 Å². The zero-order chi connectivity index (χ0) is 50.1. The molecule has 5 N–H and O–H groups in total. The van der Waals surface area contributed by atoms with Gasteiger partial charge in [-0.3, -0.25) is 24.1 Å². The molecule has 1 aliphatic heterocycles. The summed E-state index contributed by atoms with van der Waals surface area (Å²) in [5, 5.41) is 15.9. The van der Waals surface area contributed by atoms with Crippen molar-refractivity contribution in [3.63, 3.8) is 0 Å². The van der Waals surface area contributed by atoms with E-state index >= 15 is 9.59 Å². The molecule has 0 spiro atoms. The summed E-state index contributed by atoms with van der Waals surface area (Å²) in [7, 11) is 0. The second kappa shape index (κ2) is 25.0. The van der Waals surface area contributed by atoms with Crippen molar-refractivity contribution in [1.82, 2.24) is 30.0 Å². The minimum atomic E-state index is -1.91. The van der Waals surface area contributed by atoms with Crippen LogP contribution >= 0.6 is 0 Å². The first kappa shape index (κ1) is 50.9. The smallest absolute Gasteiger partial charge is 0.417 e. The minimum absolute atomic E-state index is 0.0162. The number of carbonyl (C=O) groups excluding carboxylic acids is 5. The molecule has 5 aromatic carbocycles. The minimum Gasteiger partial charge on any atom is -0.489 e. The summed E-state index contributed by atoms with van der Waals surface area (Å²) >= 11 is 0. The molecule has 17 heteroatoms. The Hall–Kier alpha value is -7.99. The molecule has 7 rings (SSSR count). The summed E-state index contributed by atoms with van der Waals surface area (Å²) in [5.74, 6) is -5.02. The van der Waals surface area contributed by atoms with Crippen LogP contribution < -0.4 is 21.1 Å². The average Bonchev–Trinajstić information content (AvgIpc) is 3.81. The lowest BCUT2D eigenvalue weighted by Gasteiger charge is -2.38. The van der Waals surface area contributed by atoms with Gasteiger partial charge in [-0.25, -0.2) is 19.5 Å². The van der Waals surface area contributed by atoms with Crippen molar-refractivity contribution < 1.29 is 48.1 Å². The molecule has 1 unspecified atom stereocenters. The number of carboxylic acids is 1. The lowest BCUT2D eigenvalue weighted by Crippen LogP contribution is -2.65. The molecule has 1 aromatic heterocycles. The Morgan fingerprint density at radius 1 is 0.732 bits per heavy atom. The predicted molar refractivity (Wildman–Crippen MR) is 261 cm³/mol. The third kappa shape index (κ3) is 14.3. The molecule has 0 saturated carbocycles. The number of imidazole rings is 1. The first-order valence-corrected chi connectivity index (χ1v) is 23.3. The van der Waals surface area contributed by atoms with Crippen LogP contribution in [0, 0.1) is 0 Å². The van der Waals surface area contributed by atoms with Crippen LogP contribution in [0.15, 0.2) is 158 Å². The molecule has 71 heavy (non-hydrogen) atoms. The standard InChI is InChI=1S/C54H57N7O10/c1-37(53(66)67)60(50(63)46-26-27-56-46)52(65)48(28-38-22-24-44(25-23-38)70-33-41-18-10-4-11-19-41)61(54(68)71-34-42-20-12-5-13-21-42)51(64)47(35-69-32-40-16-8-3-9-17-40)58-49(62)45(55)29-43-31-59(36-57-43)30-39-14-6-2-7-15-39/h2-25,31,36-37,45-48,56H,26-30,32-35,55H2,1H3,(H,58,62)(H,66,67)/t37-,45+,46?,47+,48+/m1/s1. The highest BCUT2D eigenvalue weighted by atomic mass is 16.6. The van der Waals surface area contributed by atoms with Gasteiger partial charge in [0.15, 0.2) is 0 Å². The quantitative estimate of drug-likeness (QED) is 0.0661. The van der Waals surface area contributed by atoms with Crippen LogP contribution in [0.2, 0.25) is 0 Å². The lowest BCUT2D eigenvalue weighted by molar-refractivity contribution is -0.162. The Morgan fingerprint density at radius 3 is 1.86 bits per heavy atom. The summed E-state index contributed by atoms with van der Waals surface area (Å²) in [6.07, 6.45) is 1.93. The van der Waals surface area contributed by atoms with E-state index in [1.807, 2.05) is 71.3 Å². The van der Waals surface area contributed by atoms with Gasteiger partial charge in [0, 0.05) is 25.6 Å². The SMILES string of the molecule is C[C@H](C(=O)O)N(C(=O)C1CCN1)C(=O)[C@H](Cc1ccc(OCc2ccccc2)cc1)N(C(=O)OCc1ccccc1)C(=O)[C@H](COCc1ccccc1)NC(=O)[C@@H](N)Cc1cn(Cc2ccccc2)cn1. The third-order valence-electron chi connectivity index (χ3n) is 11.8. The zero-order valence-electron chi connectivity index (χ0n) is 39.2. The van der Waals surface area contributed by atoms with Gasteiger partial charge in [0.25, 0.3) is 11.8 Å². The Bertz CT molecular complexity index is 2700. The number of nitrogens with zero attached hydrogens (tertiary/aromatic N) is 4. The summed E-state index contributed by atoms with van der Waals surface area (Å²) in [6.45, 7) is 1.52. The monoisotopic (exact) mass is 963 g/mol. The second-order valence-corrected chi connectivity index (χ2v) is 17.1. The van der Waals surface area contributed by atoms with Crippen LogP contribution in [0.3, 0.4) is 0 Å². The Balaban J connectivity index is 1.23. The molecule has 2 heterocycles. The predicted octanol–water partition coefficient (Wildman–Crippen LogP) is 5.05. The van der Waals surface area contributed by atoms with Crippen molar-refractivity contribution in [2.24, 2.45) is 5.73 Å². The topological polar surface area (TPSA) is 225 Å². The number of benzene rings is 5. The molecular formula is C54H57N7O10. The Kier molecular flexibility index (Phi) is 17.9. The first-order valence-electron chi connectivity index (χ1n) is 23.3. The van der Waals surface area contributed by atoms with Crippen LogP contribution in [0.1, 0.15) is 46.9 Å². The maximum atomic E-state index is 15.4. The van der Waals surface area contributed by atoms with E-state index in [1.54, 1.807) is 91.4 Å². The average molecular weight is 964 g/mol. The molecule has 5 atom stereocenters. The molecule has 0 aliphatic carbocycles. The van der Waals surface area contributed by atoms with Crippen molar-refractivity contribution in [3.8, 4) is 5.75 Å². The number of carbonyl (C=O) groups is 6. The molecule has 5 amide bonds. The Morgan fingerprint density at radius 2 is 1.30 bits per heavy atom. The fourth-order valence-electron chi connectivity index (χ4n) is 7.76. The number of aliphatic carboxylic acids is 1. The number of hydrogen-bond donors (Lipinski definition) is 4. The second-order valence-electron chi connectivity index (χ2n) is 17.1. The van der Waals surface area contributed by atoms with Crippen LogP contribution in [0.4, 0.5) is 4.79 Å². The molecule has 368 valence electrons. The van der Waals surface area contributed by atoms with Crippen LogP contribution in [-0.2, 0) is 72.7 Å². The fraction of sp³-hybridized carbons (Fsp3) is 0.278. The highest BCUT2D eigenvalue weighted by Crippen LogP contribution is 2.23. The van der Waals surface area contributed by atoms with Crippen molar-refractivity contribution in [2.75, 3.05) is 13.2 Å². The largest absolute Gasteiger partial charge is 0.489 e. The summed E-state index contributed by atoms with van der Waals surface area (Å²) in [6, 6.07) is 35.9. The first-order chi connectivity index (χ1) is 34.4. The number of nitrogens with two attached hydrogens (primary N) is 1. The Labute approximate surface area is 411 Å². The number of carboxylic acid groups (broad SMARTS) is 1. The molecule has 0 radical (unpaired) electrons. The van der Waals surface area contributed by atoms with E-state index in [2.05, 4.69) is 15.6 Å². The van der Waals surface area contributed by atoms with Crippen molar-refractivity contribution in [2.45, 2.75) is 82.8 Å². The zero-order valence-corrected chi connectivity index (χ0v) is 39.2. The van der Waals surface area contributed by atoms with Gasteiger partial charge in [-0.15, -0.1) is 0 Å². The number of nitrogens with one attached hydrogen (secondary N) is 2. The molecule has 1 aliphatic rings. The van der Waals surface area contributed by atoms with Crippen molar-refractivity contribution >= 4 is 35.7 Å². The van der Waals surface area contributed by atoms with Gasteiger partial charge in [0.2, 0.25) is 11.8 Å². The number of aromatic nitrogens is 2. The van der Waals surface area contributed by atoms with Crippen LogP contribution in [0.25, 0.3) is 0 Å². The highest BCUT2D eigenvalue weighted by molar-refractivity contribution is 6.07. The fourth-order valence-corrected chi connectivity index (χ4v) is 7.76. The number of ether oxygens (including phenoxy) is 3. The number of rotatable bonds is 23. The maximum Gasteiger partial charge on any atom is 0.417 e. The van der Waals surface area contributed by atoms with Gasteiger partial charge in [0.05, 0.1) is 37.3 Å². The molecule has 1 saturated heterocycles. The normalized spacial score (nSPS) is 14.6. The van der Waals surface area contributed by atoms with Gasteiger partial charge >= 0.3 is 12.1 Å². The number of amides is 5. The third-order valence-corrected chi connectivity index (χ3v) is 11.8. The van der Waals surface area contributed by atoms with Crippen LogP contribution in [-0.4, -0.2) is 104 Å². The van der Waals surface area contributed by atoms with E-state index in [1.165, 1.54) is 6.92 Å². The lowest BCUT2D eigenvalue weighted by atomic mass is 9.99. The van der Waals surface area contributed by atoms with E-state index in [9.17, 15) is 24.3 Å².